The Bertz CT molecular complexity index is 924. The number of nitrogens with one attached hydrogen (secondary N) is 2. The summed E-state index contributed by atoms with van der Waals surface area (Å²) in [5.41, 5.74) is 1.62. The minimum atomic E-state index is -0.509. The molecule has 118 valence electrons. The molecule has 2 N–H and O–H groups in total. The largest absolute Gasteiger partial charge is 0.338 e. The van der Waals surface area contributed by atoms with Gasteiger partial charge in [0.15, 0.2) is 5.82 Å². The summed E-state index contributed by atoms with van der Waals surface area (Å²) in [5.74, 6) is 0.102. The number of hydrogen-bond donors (Lipinski definition) is 2. The number of halogens is 2. The Morgan fingerprint density at radius 2 is 1.96 bits per heavy atom. The van der Waals surface area contributed by atoms with E-state index < -0.39 is 5.82 Å². The van der Waals surface area contributed by atoms with Crippen LogP contribution in [-0.4, -0.2) is 15.2 Å². The molecule has 0 aliphatic carbocycles. The number of para-hydroxylation sites is 1. The zero-order valence-corrected chi connectivity index (χ0v) is 12.9. The van der Waals surface area contributed by atoms with Crippen LogP contribution in [0.5, 0.6) is 0 Å². The van der Waals surface area contributed by atoms with Gasteiger partial charge in [-0.3, -0.25) is 0 Å². The Morgan fingerprint density at radius 1 is 1.12 bits per heavy atom. The molecule has 6 nitrogen and oxygen atoms in total. The zero-order chi connectivity index (χ0) is 16.9. The van der Waals surface area contributed by atoms with Crippen LogP contribution < -0.4 is 10.6 Å². The highest BCUT2D eigenvalue weighted by Crippen LogP contribution is 2.22. The van der Waals surface area contributed by atoms with Crippen molar-refractivity contribution in [1.82, 2.24) is 15.2 Å². The summed E-state index contributed by atoms with van der Waals surface area (Å²) in [4.78, 5) is 4.25. The van der Waals surface area contributed by atoms with Gasteiger partial charge in [0.2, 0.25) is 5.95 Å². The van der Waals surface area contributed by atoms with Gasteiger partial charge in [0.25, 0.3) is 0 Å². The SMILES string of the molecule is N#Cc1ccccc1Nc1cnnc(Nc2ccc(F)c(Cl)c2)n1. The van der Waals surface area contributed by atoms with Gasteiger partial charge in [0.05, 0.1) is 22.5 Å². The van der Waals surface area contributed by atoms with Crippen molar-refractivity contribution >= 4 is 34.7 Å². The fraction of sp³-hybridized carbons (Fsp3) is 0. The first-order valence-electron chi connectivity index (χ1n) is 6.83. The minimum Gasteiger partial charge on any atom is -0.338 e. The molecule has 0 atom stereocenters. The Labute approximate surface area is 141 Å². The third-order valence-corrected chi connectivity index (χ3v) is 3.33. The highest BCUT2D eigenvalue weighted by molar-refractivity contribution is 6.31. The van der Waals surface area contributed by atoms with Crippen LogP contribution in [0.2, 0.25) is 5.02 Å². The third-order valence-electron chi connectivity index (χ3n) is 3.04. The molecule has 3 rings (SSSR count). The van der Waals surface area contributed by atoms with Crippen molar-refractivity contribution in [2.45, 2.75) is 0 Å². The van der Waals surface area contributed by atoms with E-state index in [1.54, 1.807) is 24.3 Å². The molecule has 0 saturated carbocycles. The number of aromatic nitrogens is 3. The first-order valence-corrected chi connectivity index (χ1v) is 7.21. The average Bonchev–Trinajstić information content (AvgIpc) is 2.59. The Morgan fingerprint density at radius 3 is 2.75 bits per heavy atom. The lowest BCUT2D eigenvalue weighted by molar-refractivity contribution is 0.628. The molecule has 1 heterocycles. The molecule has 0 aliphatic rings. The van der Waals surface area contributed by atoms with Crippen LogP contribution in [0.15, 0.2) is 48.7 Å². The van der Waals surface area contributed by atoms with Crippen LogP contribution in [0.1, 0.15) is 5.56 Å². The van der Waals surface area contributed by atoms with E-state index in [1.165, 1.54) is 24.4 Å². The molecule has 0 fully saturated rings. The highest BCUT2D eigenvalue weighted by atomic mass is 35.5. The molecule has 0 aliphatic heterocycles. The maximum absolute atomic E-state index is 13.2. The second kappa shape index (κ2) is 6.89. The van der Waals surface area contributed by atoms with Crippen LogP contribution in [0.4, 0.5) is 27.5 Å². The molecule has 0 unspecified atom stereocenters. The molecule has 0 saturated heterocycles. The maximum Gasteiger partial charge on any atom is 0.249 e. The van der Waals surface area contributed by atoms with Crippen molar-refractivity contribution in [3.8, 4) is 6.07 Å². The summed E-state index contributed by atoms with van der Waals surface area (Å²) in [5, 5.41) is 22.7. The van der Waals surface area contributed by atoms with Crippen molar-refractivity contribution in [3.05, 3.63) is 65.1 Å². The average molecular weight is 341 g/mol. The zero-order valence-electron chi connectivity index (χ0n) is 12.2. The Balaban J connectivity index is 1.81. The maximum atomic E-state index is 13.2. The number of nitrogens with zero attached hydrogens (tertiary/aromatic N) is 4. The van der Waals surface area contributed by atoms with Crippen LogP contribution in [-0.2, 0) is 0 Å². The summed E-state index contributed by atoms with van der Waals surface area (Å²) in [6.07, 6.45) is 1.43. The molecular weight excluding hydrogens is 331 g/mol. The summed E-state index contributed by atoms with van der Waals surface area (Å²) >= 11 is 5.74. The van der Waals surface area contributed by atoms with E-state index in [4.69, 9.17) is 16.9 Å². The van der Waals surface area contributed by atoms with Gasteiger partial charge in [-0.1, -0.05) is 23.7 Å². The molecule has 8 heteroatoms. The van der Waals surface area contributed by atoms with E-state index in [2.05, 4.69) is 31.9 Å². The fourth-order valence-electron chi connectivity index (χ4n) is 1.95. The van der Waals surface area contributed by atoms with Crippen LogP contribution in [0, 0.1) is 17.1 Å². The first kappa shape index (κ1) is 15.6. The second-order valence-corrected chi connectivity index (χ2v) is 5.11. The summed E-state index contributed by atoms with van der Waals surface area (Å²) in [7, 11) is 0. The summed E-state index contributed by atoms with van der Waals surface area (Å²) in [6, 6.07) is 13.3. The lowest BCUT2D eigenvalue weighted by atomic mass is 10.2. The van der Waals surface area contributed by atoms with Crippen LogP contribution in [0.3, 0.4) is 0 Å². The summed E-state index contributed by atoms with van der Waals surface area (Å²) in [6.45, 7) is 0. The second-order valence-electron chi connectivity index (χ2n) is 4.70. The molecule has 3 aromatic rings. The van der Waals surface area contributed by atoms with Crippen molar-refractivity contribution in [3.63, 3.8) is 0 Å². The van der Waals surface area contributed by atoms with E-state index in [-0.39, 0.29) is 11.0 Å². The molecular formula is C16H10ClFN6. The van der Waals surface area contributed by atoms with E-state index in [1.807, 2.05) is 0 Å². The normalized spacial score (nSPS) is 10.0. The topological polar surface area (TPSA) is 86.5 Å². The number of hydrogen-bond acceptors (Lipinski definition) is 6. The van der Waals surface area contributed by atoms with E-state index >= 15 is 0 Å². The third kappa shape index (κ3) is 3.56. The van der Waals surface area contributed by atoms with E-state index in [0.717, 1.165) is 0 Å². The number of nitriles is 1. The lowest BCUT2D eigenvalue weighted by Crippen LogP contribution is -2.03. The molecule has 0 radical (unpaired) electrons. The van der Waals surface area contributed by atoms with E-state index in [9.17, 15) is 4.39 Å². The van der Waals surface area contributed by atoms with Crippen molar-refractivity contribution in [2.24, 2.45) is 0 Å². The molecule has 0 bridgehead atoms. The van der Waals surface area contributed by atoms with E-state index in [0.29, 0.717) is 22.8 Å². The van der Waals surface area contributed by atoms with Gasteiger partial charge in [0.1, 0.15) is 11.9 Å². The van der Waals surface area contributed by atoms with Gasteiger partial charge in [0, 0.05) is 5.69 Å². The van der Waals surface area contributed by atoms with Gasteiger partial charge in [-0.2, -0.15) is 15.3 Å². The first-order chi connectivity index (χ1) is 11.7. The van der Waals surface area contributed by atoms with Crippen LogP contribution >= 0.6 is 11.6 Å². The number of benzene rings is 2. The van der Waals surface area contributed by atoms with Gasteiger partial charge in [-0.25, -0.2) is 4.39 Å². The number of rotatable bonds is 4. The fourth-order valence-corrected chi connectivity index (χ4v) is 2.13. The standard InChI is InChI=1S/C16H10ClFN6/c17-12-7-11(5-6-13(12)18)21-16-23-15(9-20-24-16)22-14-4-2-1-3-10(14)8-19/h1-7,9H,(H2,21,22,23,24). The molecule has 0 amide bonds. The van der Waals surface area contributed by atoms with Crippen LogP contribution in [0.25, 0.3) is 0 Å². The van der Waals surface area contributed by atoms with Crippen molar-refractivity contribution < 1.29 is 4.39 Å². The minimum absolute atomic E-state index is 0.00909. The Hall–Kier alpha value is -3.24. The van der Waals surface area contributed by atoms with Gasteiger partial charge >= 0.3 is 0 Å². The predicted molar refractivity (Wildman–Crippen MR) is 89.0 cm³/mol. The quantitative estimate of drug-likeness (QED) is 0.746. The Kier molecular flexibility index (Phi) is 4.50. The van der Waals surface area contributed by atoms with Crippen molar-refractivity contribution in [1.29, 1.82) is 5.26 Å². The van der Waals surface area contributed by atoms with Gasteiger partial charge in [-0.05, 0) is 30.3 Å². The number of anilines is 4. The summed E-state index contributed by atoms with van der Waals surface area (Å²) < 4.78 is 13.2. The lowest BCUT2D eigenvalue weighted by Gasteiger charge is -2.09. The van der Waals surface area contributed by atoms with Gasteiger partial charge < -0.3 is 10.6 Å². The molecule has 0 spiro atoms. The highest BCUT2D eigenvalue weighted by Gasteiger charge is 2.06. The monoisotopic (exact) mass is 340 g/mol. The van der Waals surface area contributed by atoms with Crippen molar-refractivity contribution in [2.75, 3.05) is 10.6 Å². The molecule has 24 heavy (non-hydrogen) atoms. The molecule has 1 aromatic heterocycles. The van der Waals surface area contributed by atoms with Gasteiger partial charge in [-0.15, -0.1) is 5.10 Å². The molecule has 2 aromatic carbocycles. The predicted octanol–water partition coefficient (Wildman–Crippen LogP) is 4.02. The smallest absolute Gasteiger partial charge is 0.249 e.